The molecule has 0 aliphatic heterocycles. The van der Waals surface area contributed by atoms with Crippen LogP contribution in [0.15, 0.2) is 0 Å². The Kier molecular flexibility index (Phi) is 6.86. The molecule has 0 radical (unpaired) electrons. The summed E-state index contributed by atoms with van der Waals surface area (Å²) in [6, 6.07) is 0.140. The average Bonchev–Trinajstić information content (AvgIpc) is 2.02. The Morgan fingerprint density at radius 3 is 2.46 bits per heavy atom. The molecule has 2 N–H and O–H groups in total. The maximum atomic E-state index is 11.1. The fourth-order valence-electron chi connectivity index (χ4n) is 0.820. The lowest BCUT2D eigenvalue weighted by atomic mass is 10.3. The van der Waals surface area contributed by atoms with Crippen molar-refractivity contribution in [1.82, 2.24) is 10.6 Å². The zero-order valence-electron chi connectivity index (χ0n) is 8.89. The summed E-state index contributed by atoms with van der Waals surface area (Å²) in [6.45, 7) is 6.81. The number of rotatable bonds is 5. The van der Waals surface area contributed by atoms with Crippen molar-refractivity contribution in [2.24, 2.45) is 0 Å². The third-order valence-corrected chi connectivity index (χ3v) is 2.70. The Bertz CT molecular complexity index is 151. The molecule has 13 heavy (non-hydrogen) atoms. The van der Waals surface area contributed by atoms with E-state index in [9.17, 15) is 4.79 Å². The van der Waals surface area contributed by atoms with Gasteiger partial charge in [-0.15, -0.1) is 0 Å². The summed E-state index contributed by atoms with van der Waals surface area (Å²) in [7, 11) is 0. The summed E-state index contributed by atoms with van der Waals surface area (Å²) in [5.41, 5.74) is 0. The molecule has 0 aromatic rings. The van der Waals surface area contributed by atoms with E-state index < -0.39 is 0 Å². The van der Waals surface area contributed by atoms with Gasteiger partial charge >= 0.3 is 6.03 Å². The smallest absolute Gasteiger partial charge is 0.314 e. The number of carbonyl (C=O) groups excluding carboxylic acids is 1. The molecule has 4 heteroatoms. The number of amides is 2. The summed E-state index contributed by atoms with van der Waals surface area (Å²) in [5, 5.41) is 6.20. The van der Waals surface area contributed by atoms with E-state index in [0.717, 1.165) is 13.0 Å². The van der Waals surface area contributed by atoms with Crippen LogP contribution in [0.3, 0.4) is 0 Å². The Balaban J connectivity index is 3.37. The minimum absolute atomic E-state index is 0.0664. The zero-order valence-corrected chi connectivity index (χ0v) is 9.70. The molecule has 0 saturated carbocycles. The second kappa shape index (κ2) is 7.06. The number of urea groups is 1. The van der Waals surface area contributed by atoms with E-state index in [4.69, 9.17) is 0 Å². The third kappa shape index (κ3) is 7.96. The SMILES string of the molecule is CSC(C)CCNC(=O)NC(C)C. The van der Waals surface area contributed by atoms with E-state index in [0.29, 0.717) is 5.25 Å². The number of carbonyl (C=O) groups is 1. The molecule has 0 aromatic carbocycles. The van der Waals surface area contributed by atoms with E-state index in [1.54, 1.807) is 0 Å². The van der Waals surface area contributed by atoms with E-state index in [1.165, 1.54) is 0 Å². The van der Waals surface area contributed by atoms with Crippen LogP contribution >= 0.6 is 11.8 Å². The Morgan fingerprint density at radius 2 is 2.00 bits per heavy atom. The standard InChI is InChI=1S/C9H20N2OS/c1-7(2)11-9(12)10-6-5-8(3)13-4/h7-8H,5-6H2,1-4H3,(H2,10,11,12). The van der Waals surface area contributed by atoms with Crippen LogP contribution in [-0.4, -0.2) is 30.1 Å². The first kappa shape index (κ1) is 12.6. The summed E-state index contributed by atoms with van der Waals surface area (Å²) in [4.78, 5) is 11.1. The second-order valence-corrected chi connectivity index (χ2v) is 4.67. The first-order valence-electron chi connectivity index (χ1n) is 4.63. The maximum Gasteiger partial charge on any atom is 0.314 e. The molecule has 0 rings (SSSR count). The average molecular weight is 204 g/mol. The van der Waals surface area contributed by atoms with E-state index in [2.05, 4.69) is 23.8 Å². The topological polar surface area (TPSA) is 41.1 Å². The molecule has 0 heterocycles. The number of hydrogen-bond acceptors (Lipinski definition) is 2. The van der Waals surface area contributed by atoms with Gasteiger partial charge in [0.25, 0.3) is 0 Å². The van der Waals surface area contributed by atoms with Crippen LogP contribution in [0.5, 0.6) is 0 Å². The van der Waals surface area contributed by atoms with Gasteiger partial charge in [0.15, 0.2) is 0 Å². The van der Waals surface area contributed by atoms with Gasteiger partial charge in [-0.05, 0) is 26.5 Å². The van der Waals surface area contributed by atoms with Crippen molar-refractivity contribution in [2.45, 2.75) is 38.5 Å². The monoisotopic (exact) mass is 204 g/mol. The fourth-order valence-corrected chi connectivity index (χ4v) is 1.17. The first-order valence-corrected chi connectivity index (χ1v) is 5.92. The zero-order chi connectivity index (χ0) is 10.3. The first-order chi connectivity index (χ1) is 6.06. The lowest BCUT2D eigenvalue weighted by Crippen LogP contribution is -2.40. The van der Waals surface area contributed by atoms with Gasteiger partial charge in [-0.1, -0.05) is 6.92 Å². The van der Waals surface area contributed by atoms with Crippen molar-refractivity contribution in [3.8, 4) is 0 Å². The van der Waals surface area contributed by atoms with Crippen molar-refractivity contribution >= 4 is 17.8 Å². The van der Waals surface area contributed by atoms with Gasteiger partial charge in [0.05, 0.1) is 0 Å². The summed E-state index contributed by atoms with van der Waals surface area (Å²) < 4.78 is 0. The molecule has 1 atom stereocenters. The van der Waals surface area contributed by atoms with E-state index in [-0.39, 0.29) is 12.1 Å². The van der Waals surface area contributed by atoms with Crippen LogP contribution in [0, 0.1) is 0 Å². The lowest BCUT2D eigenvalue weighted by Gasteiger charge is -2.11. The van der Waals surface area contributed by atoms with Crippen molar-refractivity contribution in [3.63, 3.8) is 0 Å². The highest BCUT2D eigenvalue weighted by Gasteiger charge is 2.03. The molecule has 2 amide bonds. The molecule has 0 fully saturated rings. The molecule has 0 aliphatic carbocycles. The van der Waals surface area contributed by atoms with Gasteiger partial charge in [-0.25, -0.2) is 4.79 Å². The van der Waals surface area contributed by atoms with Gasteiger partial charge in [0, 0.05) is 17.8 Å². The van der Waals surface area contributed by atoms with E-state index >= 15 is 0 Å². The van der Waals surface area contributed by atoms with Gasteiger partial charge in [0.2, 0.25) is 0 Å². The highest BCUT2D eigenvalue weighted by molar-refractivity contribution is 7.99. The molecule has 0 aliphatic rings. The van der Waals surface area contributed by atoms with Crippen LogP contribution in [0.1, 0.15) is 27.2 Å². The number of thioether (sulfide) groups is 1. The quantitative estimate of drug-likeness (QED) is 0.717. The summed E-state index contributed by atoms with van der Waals surface area (Å²) in [5.74, 6) is 0. The Morgan fingerprint density at radius 1 is 1.38 bits per heavy atom. The molecule has 0 bridgehead atoms. The molecule has 0 saturated heterocycles. The lowest BCUT2D eigenvalue weighted by molar-refractivity contribution is 0.238. The second-order valence-electron chi connectivity index (χ2n) is 3.39. The number of nitrogens with one attached hydrogen (secondary N) is 2. The molecule has 1 unspecified atom stereocenters. The predicted octanol–water partition coefficient (Wildman–Crippen LogP) is 1.84. The normalized spacial score (nSPS) is 12.7. The minimum Gasteiger partial charge on any atom is -0.338 e. The van der Waals surface area contributed by atoms with Gasteiger partial charge in [-0.3, -0.25) is 0 Å². The predicted molar refractivity (Wildman–Crippen MR) is 59.3 cm³/mol. The van der Waals surface area contributed by atoms with Crippen LogP contribution in [-0.2, 0) is 0 Å². The molecule has 3 nitrogen and oxygen atoms in total. The molecular weight excluding hydrogens is 184 g/mol. The van der Waals surface area contributed by atoms with Crippen molar-refractivity contribution in [1.29, 1.82) is 0 Å². The van der Waals surface area contributed by atoms with Crippen molar-refractivity contribution in [3.05, 3.63) is 0 Å². The highest BCUT2D eigenvalue weighted by atomic mass is 32.2. The Hall–Kier alpha value is -0.380. The van der Waals surface area contributed by atoms with Crippen molar-refractivity contribution < 1.29 is 4.79 Å². The number of hydrogen-bond donors (Lipinski definition) is 2. The maximum absolute atomic E-state index is 11.1. The van der Waals surface area contributed by atoms with E-state index in [1.807, 2.05) is 25.6 Å². The molecular formula is C9H20N2OS. The third-order valence-electron chi connectivity index (χ3n) is 1.66. The van der Waals surface area contributed by atoms with Gasteiger partial charge < -0.3 is 10.6 Å². The molecule has 0 aromatic heterocycles. The largest absolute Gasteiger partial charge is 0.338 e. The van der Waals surface area contributed by atoms with Gasteiger partial charge in [-0.2, -0.15) is 11.8 Å². The fraction of sp³-hybridized carbons (Fsp3) is 0.889. The van der Waals surface area contributed by atoms with Crippen LogP contribution in [0.2, 0.25) is 0 Å². The molecule has 78 valence electrons. The van der Waals surface area contributed by atoms with Crippen molar-refractivity contribution in [2.75, 3.05) is 12.8 Å². The van der Waals surface area contributed by atoms with Crippen LogP contribution in [0.25, 0.3) is 0 Å². The highest BCUT2D eigenvalue weighted by Crippen LogP contribution is 2.07. The molecule has 0 spiro atoms. The van der Waals surface area contributed by atoms with Gasteiger partial charge in [0.1, 0.15) is 0 Å². The van der Waals surface area contributed by atoms with Crippen LogP contribution in [0.4, 0.5) is 4.79 Å². The summed E-state index contributed by atoms with van der Waals surface area (Å²) in [6.07, 6.45) is 3.10. The Labute approximate surface area is 85.0 Å². The van der Waals surface area contributed by atoms with Crippen LogP contribution < -0.4 is 10.6 Å². The summed E-state index contributed by atoms with van der Waals surface area (Å²) >= 11 is 1.82. The minimum atomic E-state index is -0.0664.